The number of carboxylic acid groups (broad SMARTS) is 1. The lowest BCUT2D eigenvalue weighted by Gasteiger charge is -2.32. The number of aliphatic carboxylic acids is 1. The van der Waals surface area contributed by atoms with Crippen molar-refractivity contribution in [2.24, 2.45) is 23.3 Å². The number of carbonyl (C=O) groups is 9. The normalized spacial score (nSPS) is 20.0. The lowest BCUT2D eigenvalue weighted by atomic mass is 9.97. The highest BCUT2D eigenvalue weighted by Gasteiger charge is 2.42. The van der Waals surface area contributed by atoms with E-state index in [1.54, 1.807) is 58.0 Å². The first-order chi connectivity index (χ1) is 29.7. The van der Waals surface area contributed by atoms with Crippen molar-refractivity contribution >= 4 is 53.2 Å². The van der Waals surface area contributed by atoms with Crippen molar-refractivity contribution < 1.29 is 58.5 Å². The third-order valence-corrected chi connectivity index (χ3v) is 11.3. The fraction of sp³-hybridized carbons (Fsp3) is 0.643. The number of hydrogen-bond donors (Lipinski definition) is 10. The summed E-state index contributed by atoms with van der Waals surface area (Å²) in [6, 6.07) is -1.87. The van der Waals surface area contributed by atoms with Crippen molar-refractivity contribution in [1.82, 2.24) is 36.4 Å². The molecule has 0 spiro atoms. The molecule has 10 atom stereocenters. The van der Waals surface area contributed by atoms with Crippen LogP contribution in [0, 0.1) is 11.8 Å². The Morgan fingerprint density at radius 3 is 1.79 bits per heavy atom. The number of carbonyl (C=O) groups excluding carboxylic acids is 8. The lowest BCUT2D eigenvalue weighted by molar-refractivity contribution is -0.150. The molecule has 0 saturated carbocycles. The highest BCUT2D eigenvalue weighted by atomic mass is 16.4. The van der Waals surface area contributed by atoms with Crippen LogP contribution in [-0.2, 0) is 49.6 Å². The number of aliphatic hydroxyl groups excluding tert-OH is 2. The average molecular weight is 888 g/mol. The molecule has 2 saturated heterocycles. The van der Waals surface area contributed by atoms with Gasteiger partial charge in [0.25, 0.3) is 0 Å². The lowest BCUT2D eigenvalue weighted by Crippen LogP contribution is -2.61. The molecule has 0 unspecified atom stereocenters. The second-order valence-corrected chi connectivity index (χ2v) is 16.8. The van der Waals surface area contributed by atoms with Gasteiger partial charge in [0.05, 0.1) is 19.1 Å². The Morgan fingerprint density at radius 2 is 1.25 bits per heavy atom. The molecule has 63 heavy (non-hydrogen) atoms. The van der Waals surface area contributed by atoms with Gasteiger partial charge in [-0.15, -0.1) is 0 Å². The van der Waals surface area contributed by atoms with E-state index in [4.69, 9.17) is 11.5 Å². The summed E-state index contributed by atoms with van der Waals surface area (Å²) in [6.07, 6.45) is -0.307. The average Bonchev–Trinajstić information content (AvgIpc) is 3.94. The van der Waals surface area contributed by atoms with Crippen LogP contribution in [0.4, 0.5) is 0 Å². The summed E-state index contributed by atoms with van der Waals surface area (Å²) in [5.41, 5.74) is 11.9. The van der Waals surface area contributed by atoms with Gasteiger partial charge in [0, 0.05) is 19.5 Å². The summed E-state index contributed by atoms with van der Waals surface area (Å²) in [4.78, 5) is 122. The van der Waals surface area contributed by atoms with Gasteiger partial charge >= 0.3 is 5.97 Å². The number of rotatable bonds is 23. The van der Waals surface area contributed by atoms with Gasteiger partial charge in [-0.05, 0) is 56.4 Å². The van der Waals surface area contributed by atoms with Gasteiger partial charge in [0.2, 0.25) is 47.3 Å². The minimum absolute atomic E-state index is 0.0784. The van der Waals surface area contributed by atoms with E-state index in [-0.39, 0.29) is 44.7 Å². The van der Waals surface area contributed by atoms with Crippen molar-refractivity contribution in [2.75, 3.05) is 19.7 Å². The molecule has 2 heterocycles. The summed E-state index contributed by atoms with van der Waals surface area (Å²) in [5.74, 6) is -8.41. The Hall–Kier alpha value is -5.67. The molecular weight excluding hydrogens is 823 g/mol. The molecule has 2 aliphatic heterocycles. The molecule has 21 heteroatoms. The number of aliphatic hydroxyl groups is 2. The molecule has 0 radical (unpaired) electrons. The van der Waals surface area contributed by atoms with Gasteiger partial charge in [-0.25, -0.2) is 4.79 Å². The van der Waals surface area contributed by atoms with E-state index in [1.807, 2.05) is 0 Å². The monoisotopic (exact) mass is 887 g/mol. The van der Waals surface area contributed by atoms with E-state index in [1.165, 1.54) is 11.8 Å². The fourth-order valence-electron chi connectivity index (χ4n) is 7.58. The summed E-state index contributed by atoms with van der Waals surface area (Å²) in [7, 11) is 0. The predicted molar refractivity (Wildman–Crippen MR) is 226 cm³/mol. The second-order valence-electron chi connectivity index (χ2n) is 16.8. The first kappa shape index (κ1) is 51.7. The van der Waals surface area contributed by atoms with Crippen LogP contribution in [0.15, 0.2) is 30.3 Å². The predicted octanol–water partition coefficient (Wildman–Crippen LogP) is -2.61. The number of hydrogen-bond acceptors (Lipinski definition) is 12. The molecule has 1 aromatic carbocycles. The zero-order chi connectivity index (χ0) is 47.1. The van der Waals surface area contributed by atoms with E-state index in [2.05, 4.69) is 26.6 Å². The molecule has 8 amide bonds. The molecule has 0 bridgehead atoms. The Balaban J connectivity index is 1.86. The number of benzene rings is 1. The van der Waals surface area contributed by atoms with Crippen molar-refractivity contribution in [3.05, 3.63) is 35.9 Å². The van der Waals surface area contributed by atoms with E-state index in [0.29, 0.717) is 24.8 Å². The SMILES string of the molecule is CC[C@H](C)[C@H](NC(=O)[C@@H]1CCCN1C(=O)[C@H](Cc1ccccc1)NC(=O)[C@H](CC(N)=O)NC(=O)[C@H](CC(C)C)NC(=O)[C@@H](N)[C@@H](C)O)C(=O)N[C@@H](CO)C(=O)N1CCC[C@H]1C(=O)O. The summed E-state index contributed by atoms with van der Waals surface area (Å²) in [6.45, 7) is 7.72. The fourth-order valence-corrected chi connectivity index (χ4v) is 7.58. The standard InChI is InChI=1S/C42H65N9O12/c1-6-23(4)34(39(59)48-29(21-52)41(61)51-17-11-15-31(51)42(62)63)49-37(57)30-14-10-16-50(30)40(60)28(19-25-12-8-7-9-13-25)47-36(56)27(20-32(43)54)45-35(55)26(18-22(2)3)46-38(58)33(44)24(5)53/h7-9,12-13,22-24,26-31,33-34,52-53H,6,10-11,14-21,44H2,1-5H3,(H2,43,54)(H,45,55)(H,46,58)(H,47,56)(H,48,59)(H,49,57)(H,62,63)/t23-,24+,26-,27-,28-,29-,30-,31-,33-,34-/m0/s1. The number of nitrogens with one attached hydrogen (secondary N) is 5. The number of carboxylic acids is 1. The van der Waals surface area contributed by atoms with Gasteiger partial charge in [-0.3, -0.25) is 38.4 Å². The van der Waals surface area contributed by atoms with Crippen molar-refractivity contribution in [3.63, 3.8) is 0 Å². The smallest absolute Gasteiger partial charge is 0.326 e. The minimum Gasteiger partial charge on any atom is -0.480 e. The van der Waals surface area contributed by atoms with Gasteiger partial charge in [-0.2, -0.15) is 0 Å². The summed E-state index contributed by atoms with van der Waals surface area (Å²) < 4.78 is 0. The topological polar surface area (TPSA) is 333 Å². The third kappa shape index (κ3) is 14.7. The molecule has 2 aliphatic rings. The largest absolute Gasteiger partial charge is 0.480 e. The maximum Gasteiger partial charge on any atom is 0.326 e. The molecule has 12 N–H and O–H groups in total. The number of likely N-dealkylation sites (tertiary alicyclic amines) is 2. The van der Waals surface area contributed by atoms with E-state index in [9.17, 15) is 58.5 Å². The molecule has 2 fully saturated rings. The second kappa shape index (κ2) is 24.2. The molecule has 3 rings (SSSR count). The molecule has 0 aromatic heterocycles. The zero-order valence-corrected chi connectivity index (χ0v) is 36.6. The third-order valence-electron chi connectivity index (χ3n) is 11.3. The summed E-state index contributed by atoms with van der Waals surface area (Å²) >= 11 is 0. The minimum atomic E-state index is -1.61. The molecular formula is C42H65N9O12. The Labute approximate surface area is 366 Å². The molecule has 350 valence electrons. The number of nitrogens with zero attached hydrogens (tertiary/aromatic N) is 2. The van der Waals surface area contributed by atoms with Crippen LogP contribution in [0.5, 0.6) is 0 Å². The molecule has 21 nitrogen and oxygen atoms in total. The Kier molecular flexibility index (Phi) is 19.9. The van der Waals surface area contributed by atoms with Crippen LogP contribution >= 0.6 is 0 Å². The maximum atomic E-state index is 14.5. The van der Waals surface area contributed by atoms with E-state index < -0.39 is 127 Å². The van der Waals surface area contributed by atoms with Crippen LogP contribution < -0.4 is 38.1 Å². The Morgan fingerprint density at radius 1 is 0.730 bits per heavy atom. The summed E-state index contributed by atoms with van der Waals surface area (Å²) in [5, 5.41) is 42.2. The maximum absolute atomic E-state index is 14.5. The Bertz CT molecular complexity index is 1800. The number of primary amides is 1. The van der Waals surface area contributed by atoms with Crippen LogP contribution in [0.25, 0.3) is 0 Å². The molecule has 1 aromatic rings. The van der Waals surface area contributed by atoms with Crippen LogP contribution in [0.1, 0.15) is 85.1 Å². The highest BCUT2D eigenvalue weighted by molar-refractivity contribution is 5.99. The van der Waals surface area contributed by atoms with Gasteiger partial charge in [0.15, 0.2) is 0 Å². The number of nitrogens with two attached hydrogens (primary N) is 2. The van der Waals surface area contributed by atoms with Gasteiger partial charge < -0.3 is 63.2 Å². The van der Waals surface area contributed by atoms with Crippen LogP contribution in [-0.4, -0.2) is 152 Å². The van der Waals surface area contributed by atoms with Crippen LogP contribution in [0.2, 0.25) is 0 Å². The van der Waals surface area contributed by atoms with Crippen molar-refractivity contribution in [1.29, 1.82) is 0 Å². The highest BCUT2D eigenvalue weighted by Crippen LogP contribution is 2.22. The quantitative estimate of drug-likeness (QED) is 0.0539. The van der Waals surface area contributed by atoms with E-state index >= 15 is 0 Å². The molecule has 0 aliphatic carbocycles. The van der Waals surface area contributed by atoms with Gasteiger partial charge in [0.1, 0.15) is 48.3 Å². The number of amides is 8. The van der Waals surface area contributed by atoms with E-state index in [0.717, 1.165) is 4.90 Å². The van der Waals surface area contributed by atoms with Crippen LogP contribution in [0.3, 0.4) is 0 Å². The van der Waals surface area contributed by atoms with Gasteiger partial charge in [-0.1, -0.05) is 64.4 Å². The zero-order valence-electron chi connectivity index (χ0n) is 36.6. The van der Waals surface area contributed by atoms with Crippen molar-refractivity contribution in [3.8, 4) is 0 Å². The first-order valence-electron chi connectivity index (χ1n) is 21.4. The first-order valence-corrected chi connectivity index (χ1v) is 21.4. The van der Waals surface area contributed by atoms with Crippen molar-refractivity contribution in [2.45, 2.75) is 140 Å².